The lowest BCUT2D eigenvalue weighted by molar-refractivity contribution is -0.140. The van der Waals surface area contributed by atoms with Gasteiger partial charge >= 0.3 is 6.18 Å². The van der Waals surface area contributed by atoms with Crippen LogP contribution in [-0.4, -0.2) is 35.4 Å². The van der Waals surface area contributed by atoms with E-state index in [-0.39, 0.29) is 6.54 Å². The van der Waals surface area contributed by atoms with Crippen molar-refractivity contribution in [2.45, 2.75) is 31.9 Å². The Hall–Kier alpha value is -0.560. The van der Waals surface area contributed by atoms with Gasteiger partial charge in [0.05, 0.1) is 4.88 Å². The van der Waals surface area contributed by atoms with Crippen LogP contribution in [0.3, 0.4) is 0 Å². The summed E-state index contributed by atoms with van der Waals surface area (Å²) in [5.74, 6) is -0.513. The first-order chi connectivity index (χ1) is 9.40. The van der Waals surface area contributed by atoms with Crippen molar-refractivity contribution in [1.82, 2.24) is 4.90 Å². The topological polar surface area (TPSA) is 20.3 Å². The smallest absolute Gasteiger partial charge is 0.328 e. The summed E-state index contributed by atoms with van der Waals surface area (Å²) in [5, 5.41) is 0.333. The molecule has 7 heteroatoms. The summed E-state index contributed by atoms with van der Waals surface area (Å²) < 4.78 is 37.6. The molecule has 0 saturated heterocycles. The van der Waals surface area contributed by atoms with Crippen LogP contribution in [0.25, 0.3) is 0 Å². The number of fused-ring (bicyclic) bond motifs is 1. The molecule has 0 fully saturated rings. The minimum absolute atomic E-state index is 0.0565. The number of amides is 1. The van der Waals surface area contributed by atoms with E-state index in [9.17, 15) is 18.0 Å². The quantitative estimate of drug-likeness (QED) is 0.733. The van der Waals surface area contributed by atoms with E-state index in [1.807, 2.05) is 0 Å². The Morgan fingerprint density at radius 1 is 1.35 bits per heavy atom. The minimum atomic E-state index is -4.37. The molecule has 0 aliphatic heterocycles. The standard InChI is InChI=1S/C13H15BrF3NOS/c14-5-6-18(8-13(15,16)17)12(19)11-7-9-3-1-2-4-10(9)20-11/h7H,1-6,8H2. The first-order valence-electron chi connectivity index (χ1n) is 6.44. The summed E-state index contributed by atoms with van der Waals surface area (Å²) in [7, 11) is 0. The molecule has 1 aliphatic rings. The summed E-state index contributed by atoms with van der Waals surface area (Å²) in [6.45, 7) is -1.14. The highest BCUT2D eigenvalue weighted by molar-refractivity contribution is 9.09. The van der Waals surface area contributed by atoms with Gasteiger partial charge < -0.3 is 4.90 Å². The largest absolute Gasteiger partial charge is 0.406 e. The van der Waals surface area contributed by atoms with Gasteiger partial charge in [-0.3, -0.25) is 4.79 Å². The van der Waals surface area contributed by atoms with Crippen LogP contribution in [0.5, 0.6) is 0 Å². The molecule has 1 amide bonds. The molecule has 20 heavy (non-hydrogen) atoms. The van der Waals surface area contributed by atoms with Crippen molar-refractivity contribution in [3.05, 3.63) is 21.4 Å². The molecule has 1 heterocycles. The van der Waals surface area contributed by atoms with Crippen molar-refractivity contribution in [3.63, 3.8) is 0 Å². The van der Waals surface area contributed by atoms with Crippen LogP contribution < -0.4 is 0 Å². The number of alkyl halides is 4. The van der Waals surface area contributed by atoms with Gasteiger partial charge in [0.1, 0.15) is 6.54 Å². The van der Waals surface area contributed by atoms with E-state index in [0.717, 1.165) is 41.0 Å². The SMILES string of the molecule is O=C(c1cc2c(s1)CCCC2)N(CCBr)CC(F)(F)F. The van der Waals surface area contributed by atoms with Gasteiger partial charge in [0.15, 0.2) is 0 Å². The van der Waals surface area contributed by atoms with Crippen molar-refractivity contribution >= 4 is 33.2 Å². The summed E-state index contributed by atoms with van der Waals surface area (Å²) in [4.78, 5) is 14.7. The molecular formula is C13H15BrF3NOS. The normalized spacial score (nSPS) is 15.0. The zero-order chi connectivity index (χ0) is 14.8. The van der Waals surface area contributed by atoms with Crippen molar-refractivity contribution in [2.75, 3.05) is 18.4 Å². The Labute approximate surface area is 128 Å². The van der Waals surface area contributed by atoms with E-state index >= 15 is 0 Å². The van der Waals surface area contributed by atoms with Crippen molar-refractivity contribution < 1.29 is 18.0 Å². The predicted molar refractivity (Wildman–Crippen MR) is 76.7 cm³/mol. The van der Waals surface area contributed by atoms with Gasteiger partial charge in [-0.1, -0.05) is 15.9 Å². The van der Waals surface area contributed by atoms with Crippen LogP contribution >= 0.6 is 27.3 Å². The maximum Gasteiger partial charge on any atom is 0.406 e. The molecule has 112 valence electrons. The number of rotatable bonds is 4. The minimum Gasteiger partial charge on any atom is -0.328 e. The van der Waals surface area contributed by atoms with Crippen LogP contribution in [0.4, 0.5) is 13.2 Å². The Balaban J connectivity index is 2.16. The second-order valence-corrected chi connectivity index (χ2v) is 6.73. The number of aryl methyl sites for hydroxylation is 2. The molecule has 1 aliphatic carbocycles. The van der Waals surface area contributed by atoms with E-state index < -0.39 is 18.6 Å². The van der Waals surface area contributed by atoms with Crippen LogP contribution in [0, 0.1) is 0 Å². The average molecular weight is 370 g/mol. The third-order valence-electron chi connectivity index (χ3n) is 3.22. The molecule has 0 radical (unpaired) electrons. The Bertz CT molecular complexity index is 463. The fourth-order valence-corrected chi connectivity index (χ4v) is 3.97. The first-order valence-corrected chi connectivity index (χ1v) is 8.38. The van der Waals surface area contributed by atoms with Crippen LogP contribution in [-0.2, 0) is 12.8 Å². The van der Waals surface area contributed by atoms with Gasteiger partial charge in [-0.05, 0) is 37.3 Å². The van der Waals surface area contributed by atoms with Crippen LogP contribution in [0.2, 0.25) is 0 Å². The maximum absolute atomic E-state index is 12.5. The Morgan fingerprint density at radius 2 is 2.05 bits per heavy atom. The van der Waals surface area contributed by atoms with Gasteiger partial charge in [0.2, 0.25) is 0 Å². The van der Waals surface area contributed by atoms with E-state index in [1.165, 1.54) is 11.3 Å². The van der Waals surface area contributed by atoms with Crippen molar-refractivity contribution in [2.24, 2.45) is 0 Å². The fourth-order valence-electron chi connectivity index (χ4n) is 2.32. The number of nitrogens with zero attached hydrogens (tertiary/aromatic N) is 1. The predicted octanol–water partition coefficient (Wildman–Crippen LogP) is 4.03. The number of carbonyl (C=O) groups is 1. The van der Waals surface area contributed by atoms with E-state index in [1.54, 1.807) is 6.07 Å². The summed E-state index contributed by atoms with van der Waals surface area (Å²) >= 11 is 4.45. The molecule has 0 saturated carbocycles. The van der Waals surface area contributed by atoms with Gasteiger partial charge in [0.25, 0.3) is 5.91 Å². The number of thiophene rings is 1. The third kappa shape index (κ3) is 3.97. The van der Waals surface area contributed by atoms with Crippen molar-refractivity contribution in [1.29, 1.82) is 0 Å². The molecular weight excluding hydrogens is 355 g/mol. The van der Waals surface area contributed by atoms with Crippen LogP contribution in [0.15, 0.2) is 6.07 Å². The van der Waals surface area contributed by atoms with E-state index in [4.69, 9.17) is 0 Å². The van der Waals surface area contributed by atoms with Gasteiger partial charge in [0, 0.05) is 16.8 Å². The van der Waals surface area contributed by atoms with E-state index in [0.29, 0.717) is 10.2 Å². The number of hydrogen-bond acceptors (Lipinski definition) is 2. The third-order valence-corrected chi connectivity index (χ3v) is 4.80. The number of carbonyl (C=O) groups excluding carboxylic acids is 1. The van der Waals surface area contributed by atoms with Gasteiger partial charge in [-0.2, -0.15) is 13.2 Å². The second-order valence-electron chi connectivity index (χ2n) is 4.80. The lowest BCUT2D eigenvalue weighted by Gasteiger charge is -2.22. The number of hydrogen-bond donors (Lipinski definition) is 0. The molecule has 1 aromatic heterocycles. The first kappa shape index (κ1) is 15.8. The molecule has 0 unspecified atom stereocenters. The van der Waals surface area contributed by atoms with E-state index in [2.05, 4.69) is 15.9 Å². The summed E-state index contributed by atoms with van der Waals surface area (Å²) in [6.07, 6.45) is -0.323. The Kier molecular flexibility index (Phi) is 5.12. The van der Waals surface area contributed by atoms with Gasteiger partial charge in [-0.15, -0.1) is 11.3 Å². The molecule has 0 spiro atoms. The number of halogens is 4. The molecule has 0 N–H and O–H groups in total. The van der Waals surface area contributed by atoms with Crippen molar-refractivity contribution in [3.8, 4) is 0 Å². The zero-order valence-electron chi connectivity index (χ0n) is 10.8. The monoisotopic (exact) mass is 369 g/mol. The molecule has 0 atom stereocenters. The lowest BCUT2D eigenvalue weighted by atomic mass is 9.99. The molecule has 0 aromatic carbocycles. The summed E-state index contributed by atoms with van der Waals surface area (Å²) in [6, 6.07) is 1.78. The highest BCUT2D eigenvalue weighted by atomic mass is 79.9. The molecule has 1 aromatic rings. The highest BCUT2D eigenvalue weighted by Crippen LogP contribution is 2.31. The van der Waals surface area contributed by atoms with Crippen LogP contribution in [0.1, 0.15) is 33.0 Å². The maximum atomic E-state index is 12.5. The molecule has 2 rings (SSSR count). The Morgan fingerprint density at radius 3 is 2.65 bits per heavy atom. The molecule has 0 bridgehead atoms. The molecule has 2 nitrogen and oxygen atoms in total. The fraction of sp³-hybridized carbons (Fsp3) is 0.615. The summed E-state index contributed by atoms with van der Waals surface area (Å²) in [5.41, 5.74) is 1.13. The lowest BCUT2D eigenvalue weighted by Crippen LogP contribution is -2.39. The van der Waals surface area contributed by atoms with Gasteiger partial charge in [-0.25, -0.2) is 0 Å². The highest BCUT2D eigenvalue weighted by Gasteiger charge is 2.33. The second kappa shape index (κ2) is 6.47. The zero-order valence-corrected chi connectivity index (χ0v) is 13.2. The average Bonchev–Trinajstić information content (AvgIpc) is 2.79.